The van der Waals surface area contributed by atoms with Gasteiger partial charge in [0, 0.05) is 5.71 Å². The van der Waals surface area contributed by atoms with Crippen LogP contribution in [0.15, 0.2) is 5.10 Å². The Morgan fingerprint density at radius 3 is 2.82 bits per heavy atom. The number of rotatable bonds is 4. The van der Waals surface area contributed by atoms with Gasteiger partial charge in [-0.1, -0.05) is 0 Å². The molecule has 1 unspecified atom stereocenters. The summed E-state index contributed by atoms with van der Waals surface area (Å²) >= 11 is 4.64. The van der Waals surface area contributed by atoms with E-state index in [1.165, 1.54) is 0 Å². The molecule has 0 aromatic heterocycles. The number of hydrogen-bond donors (Lipinski definition) is 2. The topological polar surface area (TPSA) is 76.7 Å². The van der Waals surface area contributed by atoms with E-state index >= 15 is 0 Å². The fourth-order valence-electron chi connectivity index (χ4n) is 1.88. The highest BCUT2D eigenvalue weighted by molar-refractivity contribution is 7.80. The molecule has 1 aliphatic heterocycles. The number of carbonyl (C=O) groups is 1. The Kier molecular flexibility index (Phi) is 4.45. The summed E-state index contributed by atoms with van der Waals surface area (Å²) < 4.78 is 5.26. The SMILES string of the molecule is C/C(CCC1CC(C)(C)OC1=O)=N/NC(N)=S. The summed E-state index contributed by atoms with van der Waals surface area (Å²) in [6, 6.07) is 0. The molecule has 6 heteroatoms. The van der Waals surface area contributed by atoms with Gasteiger partial charge in [-0.25, -0.2) is 0 Å². The normalized spacial score (nSPS) is 23.4. The molecule has 0 aliphatic carbocycles. The van der Waals surface area contributed by atoms with Crippen molar-refractivity contribution in [1.29, 1.82) is 0 Å². The van der Waals surface area contributed by atoms with Crippen LogP contribution in [0.4, 0.5) is 0 Å². The van der Waals surface area contributed by atoms with Crippen molar-refractivity contribution in [3.8, 4) is 0 Å². The van der Waals surface area contributed by atoms with Crippen LogP contribution in [-0.4, -0.2) is 22.4 Å². The fraction of sp³-hybridized carbons (Fsp3) is 0.727. The predicted molar refractivity (Wildman–Crippen MR) is 70.5 cm³/mol. The van der Waals surface area contributed by atoms with E-state index in [-0.39, 0.29) is 22.6 Å². The summed E-state index contributed by atoms with van der Waals surface area (Å²) in [6.45, 7) is 5.73. The first-order chi connectivity index (χ1) is 7.80. The molecule has 0 spiro atoms. The second-order valence-electron chi connectivity index (χ2n) is 4.94. The summed E-state index contributed by atoms with van der Waals surface area (Å²) in [4.78, 5) is 11.6. The lowest BCUT2D eigenvalue weighted by Gasteiger charge is -2.14. The van der Waals surface area contributed by atoms with Crippen LogP contribution >= 0.6 is 12.2 Å². The smallest absolute Gasteiger partial charge is 0.309 e. The van der Waals surface area contributed by atoms with Gasteiger partial charge in [0.2, 0.25) is 0 Å². The van der Waals surface area contributed by atoms with Crippen LogP contribution in [0, 0.1) is 5.92 Å². The molecule has 17 heavy (non-hydrogen) atoms. The molecule has 1 atom stereocenters. The average Bonchev–Trinajstić information content (AvgIpc) is 2.45. The second kappa shape index (κ2) is 5.44. The van der Waals surface area contributed by atoms with E-state index in [0.29, 0.717) is 0 Å². The number of hydrazone groups is 1. The van der Waals surface area contributed by atoms with Crippen molar-refractivity contribution in [1.82, 2.24) is 5.43 Å². The average molecular weight is 257 g/mol. The maximum Gasteiger partial charge on any atom is 0.309 e. The van der Waals surface area contributed by atoms with E-state index in [1.54, 1.807) is 0 Å². The molecule has 5 nitrogen and oxygen atoms in total. The summed E-state index contributed by atoms with van der Waals surface area (Å²) in [6.07, 6.45) is 2.24. The van der Waals surface area contributed by atoms with Gasteiger partial charge in [0.25, 0.3) is 0 Å². The van der Waals surface area contributed by atoms with Gasteiger partial charge in [0.05, 0.1) is 5.92 Å². The lowest BCUT2D eigenvalue weighted by atomic mass is 9.93. The van der Waals surface area contributed by atoms with E-state index in [1.807, 2.05) is 20.8 Å². The molecular formula is C11H19N3O2S. The molecule has 1 heterocycles. The number of esters is 1. The van der Waals surface area contributed by atoms with Crippen LogP contribution in [0.1, 0.15) is 40.0 Å². The third-order valence-electron chi connectivity index (χ3n) is 2.66. The largest absolute Gasteiger partial charge is 0.459 e. The molecule has 0 saturated carbocycles. The number of cyclic esters (lactones) is 1. The van der Waals surface area contributed by atoms with Gasteiger partial charge in [-0.3, -0.25) is 10.2 Å². The van der Waals surface area contributed by atoms with E-state index in [2.05, 4.69) is 22.7 Å². The molecule has 0 radical (unpaired) electrons. The fourth-order valence-corrected chi connectivity index (χ4v) is 1.93. The van der Waals surface area contributed by atoms with Crippen LogP contribution in [0.5, 0.6) is 0 Å². The van der Waals surface area contributed by atoms with Crippen LogP contribution in [0.25, 0.3) is 0 Å². The van der Waals surface area contributed by atoms with Gasteiger partial charge < -0.3 is 10.5 Å². The second-order valence-corrected chi connectivity index (χ2v) is 5.38. The Hall–Kier alpha value is -1.17. The molecule has 0 aromatic carbocycles. The molecule has 1 saturated heterocycles. The zero-order valence-electron chi connectivity index (χ0n) is 10.4. The monoisotopic (exact) mass is 257 g/mol. The van der Waals surface area contributed by atoms with Crippen molar-refractivity contribution in [3.05, 3.63) is 0 Å². The predicted octanol–water partition coefficient (Wildman–Crippen LogP) is 1.32. The quantitative estimate of drug-likeness (QED) is 0.344. The first-order valence-electron chi connectivity index (χ1n) is 5.61. The van der Waals surface area contributed by atoms with Crippen molar-refractivity contribution < 1.29 is 9.53 Å². The summed E-state index contributed by atoms with van der Waals surface area (Å²) in [5.41, 5.74) is 8.33. The third kappa shape index (κ3) is 4.68. The maximum absolute atomic E-state index is 11.6. The van der Waals surface area contributed by atoms with Crippen LogP contribution < -0.4 is 11.2 Å². The third-order valence-corrected chi connectivity index (χ3v) is 2.75. The van der Waals surface area contributed by atoms with Gasteiger partial charge in [-0.05, 0) is 52.3 Å². The molecule has 0 aromatic rings. The molecule has 96 valence electrons. The Bertz CT molecular complexity index is 353. The molecule has 3 N–H and O–H groups in total. The standard InChI is InChI=1S/C11H19N3O2S/c1-7(13-14-10(12)17)4-5-8-6-11(2,3)16-9(8)15/h8H,4-6H2,1-3H3,(H3,12,14,17)/b13-7-. The zero-order chi connectivity index (χ0) is 13.1. The Morgan fingerprint density at radius 1 is 1.71 bits per heavy atom. The van der Waals surface area contributed by atoms with Gasteiger partial charge in [-0.2, -0.15) is 5.10 Å². The number of nitrogens with zero attached hydrogens (tertiary/aromatic N) is 1. The van der Waals surface area contributed by atoms with Crippen molar-refractivity contribution in [2.45, 2.75) is 45.6 Å². The van der Waals surface area contributed by atoms with Gasteiger partial charge in [0.15, 0.2) is 5.11 Å². The highest BCUT2D eigenvalue weighted by Crippen LogP contribution is 2.32. The van der Waals surface area contributed by atoms with Crippen LogP contribution in [0.2, 0.25) is 0 Å². The number of ether oxygens (including phenoxy) is 1. The van der Waals surface area contributed by atoms with Gasteiger partial charge in [-0.15, -0.1) is 0 Å². The molecule has 1 aliphatic rings. The lowest BCUT2D eigenvalue weighted by molar-refractivity contribution is -0.148. The molecule has 1 fully saturated rings. The zero-order valence-corrected chi connectivity index (χ0v) is 11.3. The molecular weight excluding hydrogens is 238 g/mol. The highest BCUT2D eigenvalue weighted by atomic mass is 32.1. The van der Waals surface area contributed by atoms with E-state index in [9.17, 15) is 4.79 Å². The molecule has 0 amide bonds. The van der Waals surface area contributed by atoms with Crippen molar-refractivity contribution in [2.24, 2.45) is 16.8 Å². The Labute approximate surface area is 107 Å². The Balaban J connectivity index is 2.39. The van der Waals surface area contributed by atoms with Crippen LogP contribution in [-0.2, 0) is 9.53 Å². The van der Waals surface area contributed by atoms with E-state index in [4.69, 9.17) is 10.5 Å². The minimum absolute atomic E-state index is 0.0278. The summed E-state index contributed by atoms with van der Waals surface area (Å²) in [5.74, 6) is -0.134. The van der Waals surface area contributed by atoms with Gasteiger partial charge in [0.1, 0.15) is 5.60 Å². The molecule has 1 rings (SSSR count). The van der Waals surface area contributed by atoms with Crippen molar-refractivity contribution in [3.63, 3.8) is 0 Å². The summed E-state index contributed by atoms with van der Waals surface area (Å²) in [7, 11) is 0. The Morgan fingerprint density at radius 2 is 2.35 bits per heavy atom. The first-order valence-corrected chi connectivity index (χ1v) is 6.02. The minimum Gasteiger partial charge on any atom is -0.459 e. The van der Waals surface area contributed by atoms with E-state index < -0.39 is 0 Å². The maximum atomic E-state index is 11.6. The van der Waals surface area contributed by atoms with Crippen molar-refractivity contribution >= 4 is 29.0 Å². The molecule has 0 bridgehead atoms. The summed E-state index contributed by atoms with van der Waals surface area (Å²) in [5, 5.41) is 4.14. The van der Waals surface area contributed by atoms with Gasteiger partial charge >= 0.3 is 5.97 Å². The number of hydrogen-bond acceptors (Lipinski definition) is 4. The lowest BCUT2D eigenvalue weighted by Crippen LogP contribution is -2.25. The number of nitrogens with two attached hydrogens (primary N) is 1. The number of nitrogens with one attached hydrogen (secondary N) is 1. The van der Waals surface area contributed by atoms with E-state index in [0.717, 1.165) is 25.0 Å². The first kappa shape index (κ1) is 13.9. The van der Waals surface area contributed by atoms with Crippen LogP contribution in [0.3, 0.4) is 0 Å². The van der Waals surface area contributed by atoms with Crippen molar-refractivity contribution in [2.75, 3.05) is 0 Å². The highest BCUT2D eigenvalue weighted by Gasteiger charge is 2.39. The number of thiocarbonyl (C=S) groups is 1. The number of carbonyl (C=O) groups excluding carboxylic acids is 1. The minimum atomic E-state index is -0.329.